The highest BCUT2D eigenvalue weighted by molar-refractivity contribution is 9.11. The van der Waals surface area contributed by atoms with Gasteiger partial charge in [-0.3, -0.25) is 4.98 Å². The molecule has 1 fully saturated rings. The molecule has 1 saturated heterocycles. The summed E-state index contributed by atoms with van der Waals surface area (Å²) in [4.78, 5) is 12.3. The number of thiophene rings is 1. The van der Waals surface area contributed by atoms with Crippen LogP contribution in [0, 0.1) is 0 Å². The zero-order chi connectivity index (χ0) is 11.7. The molecule has 0 radical (unpaired) electrons. The van der Waals surface area contributed by atoms with Crippen molar-refractivity contribution < 1.29 is 0 Å². The molecule has 1 atom stereocenters. The van der Waals surface area contributed by atoms with E-state index >= 15 is 0 Å². The van der Waals surface area contributed by atoms with E-state index in [9.17, 15) is 0 Å². The van der Waals surface area contributed by atoms with Gasteiger partial charge in [0.1, 0.15) is 5.82 Å². The Kier molecular flexibility index (Phi) is 3.11. The van der Waals surface area contributed by atoms with E-state index in [0.29, 0.717) is 6.04 Å². The molecule has 2 aromatic heterocycles. The molecule has 0 bridgehead atoms. The third-order valence-corrected chi connectivity index (χ3v) is 4.74. The van der Waals surface area contributed by atoms with Gasteiger partial charge in [-0.15, -0.1) is 11.3 Å². The van der Waals surface area contributed by atoms with Crippen LogP contribution in [-0.4, -0.2) is 16.5 Å². The van der Waals surface area contributed by atoms with Crippen LogP contribution in [0.5, 0.6) is 0 Å². The SMILES string of the molecule is Brc1ccc([C@H]2CCCN2c2cnccn2)s1. The van der Waals surface area contributed by atoms with E-state index < -0.39 is 0 Å². The number of nitrogens with zero attached hydrogens (tertiary/aromatic N) is 3. The van der Waals surface area contributed by atoms with Crippen molar-refractivity contribution in [2.45, 2.75) is 18.9 Å². The van der Waals surface area contributed by atoms with E-state index in [1.165, 1.54) is 21.5 Å². The summed E-state index contributed by atoms with van der Waals surface area (Å²) in [5, 5.41) is 0. The van der Waals surface area contributed by atoms with Gasteiger partial charge < -0.3 is 4.90 Å². The summed E-state index contributed by atoms with van der Waals surface area (Å²) in [6, 6.07) is 4.78. The van der Waals surface area contributed by atoms with Gasteiger partial charge in [0, 0.05) is 23.8 Å². The first-order chi connectivity index (χ1) is 8.34. The summed E-state index contributed by atoms with van der Waals surface area (Å²) in [5.74, 6) is 0.986. The number of halogens is 1. The highest BCUT2D eigenvalue weighted by Crippen LogP contribution is 2.39. The molecular weight excluding hydrogens is 298 g/mol. The topological polar surface area (TPSA) is 29.0 Å². The second kappa shape index (κ2) is 4.74. The number of anilines is 1. The van der Waals surface area contributed by atoms with Crippen molar-refractivity contribution in [1.82, 2.24) is 9.97 Å². The fraction of sp³-hybridized carbons (Fsp3) is 0.333. The van der Waals surface area contributed by atoms with E-state index in [1.807, 2.05) is 17.5 Å². The Balaban J connectivity index is 1.90. The Labute approximate surface area is 113 Å². The molecule has 3 nitrogen and oxygen atoms in total. The van der Waals surface area contributed by atoms with E-state index in [-0.39, 0.29) is 0 Å². The van der Waals surface area contributed by atoms with Crippen LogP contribution in [0.2, 0.25) is 0 Å². The van der Waals surface area contributed by atoms with Crippen LogP contribution < -0.4 is 4.90 Å². The monoisotopic (exact) mass is 309 g/mol. The minimum absolute atomic E-state index is 0.461. The lowest BCUT2D eigenvalue weighted by molar-refractivity contribution is 0.723. The molecule has 0 unspecified atom stereocenters. The molecule has 0 saturated carbocycles. The van der Waals surface area contributed by atoms with Crippen molar-refractivity contribution in [3.63, 3.8) is 0 Å². The van der Waals surface area contributed by atoms with E-state index in [4.69, 9.17) is 0 Å². The van der Waals surface area contributed by atoms with Crippen LogP contribution in [0.4, 0.5) is 5.82 Å². The lowest BCUT2D eigenvalue weighted by Crippen LogP contribution is -2.22. The van der Waals surface area contributed by atoms with E-state index in [1.54, 1.807) is 12.4 Å². The number of hydrogen-bond donors (Lipinski definition) is 0. The number of hydrogen-bond acceptors (Lipinski definition) is 4. The zero-order valence-corrected chi connectivity index (χ0v) is 11.6. The maximum absolute atomic E-state index is 4.40. The Morgan fingerprint density at radius 1 is 1.35 bits per heavy atom. The summed E-state index contributed by atoms with van der Waals surface area (Å²) < 4.78 is 1.19. The lowest BCUT2D eigenvalue weighted by atomic mass is 10.2. The van der Waals surface area contributed by atoms with Crippen molar-refractivity contribution in [3.8, 4) is 0 Å². The van der Waals surface area contributed by atoms with Crippen LogP contribution in [-0.2, 0) is 0 Å². The standard InChI is InChI=1S/C12H12BrN3S/c13-11-4-3-10(17-11)9-2-1-7-16(9)12-8-14-5-6-15-12/h3-6,8-9H,1-2,7H2/t9-/m1/s1. The molecule has 17 heavy (non-hydrogen) atoms. The second-order valence-corrected chi connectivity index (χ2v) is 6.55. The smallest absolute Gasteiger partial charge is 0.147 e. The fourth-order valence-electron chi connectivity index (χ4n) is 2.28. The van der Waals surface area contributed by atoms with Gasteiger partial charge in [0.05, 0.1) is 16.0 Å². The average molecular weight is 310 g/mol. The lowest BCUT2D eigenvalue weighted by Gasteiger charge is -2.24. The van der Waals surface area contributed by atoms with Crippen molar-refractivity contribution in [2.75, 3.05) is 11.4 Å². The van der Waals surface area contributed by atoms with Gasteiger partial charge in [0.15, 0.2) is 0 Å². The van der Waals surface area contributed by atoms with Gasteiger partial charge in [0.25, 0.3) is 0 Å². The quantitative estimate of drug-likeness (QED) is 0.848. The van der Waals surface area contributed by atoms with Gasteiger partial charge in [-0.25, -0.2) is 4.98 Å². The van der Waals surface area contributed by atoms with Crippen LogP contribution in [0.15, 0.2) is 34.5 Å². The molecule has 0 N–H and O–H groups in total. The molecule has 5 heteroatoms. The Hall–Kier alpha value is -0.940. The van der Waals surface area contributed by atoms with Crippen LogP contribution in [0.25, 0.3) is 0 Å². The molecule has 2 aromatic rings. The first-order valence-corrected chi connectivity index (χ1v) is 7.23. The summed E-state index contributed by atoms with van der Waals surface area (Å²) in [7, 11) is 0. The summed E-state index contributed by atoms with van der Waals surface area (Å²) >= 11 is 5.34. The zero-order valence-electron chi connectivity index (χ0n) is 9.21. The molecule has 3 heterocycles. The summed E-state index contributed by atoms with van der Waals surface area (Å²) in [6.07, 6.45) is 7.74. The minimum atomic E-state index is 0.461. The maximum atomic E-state index is 4.40. The predicted molar refractivity (Wildman–Crippen MR) is 73.4 cm³/mol. The number of aromatic nitrogens is 2. The Morgan fingerprint density at radius 2 is 2.29 bits per heavy atom. The largest absolute Gasteiger partial charge is 0.347 e. The van der Waals surface area contributed by atoms with Gasteiger partial charge >= 0.3 is 0 Å². The van der Waals surface area contributed by atoms with E-state index in [2.05, 4.69) is 42.9 Å². The Morgan fingerprint density at radius 3 is 3.00 bits per heavy atom. The Bertz CT molecular complexity index is 499. The summed E-state index contributed by atoms with van der Waals surface area (Å²) in [5.41, 5.74) is 0. The molecule has 0 spiro atoms. The van der Waals surface area contributed by atoms with Crippen LogP contribution in [0.1, 0.15) is 23.8 Å². The third kappa shape index (κ3) is 2.21. The highest BCUT2D eigenvalue weighted by Gasteiger charge is 2.28. The van der Waals surface area contributed by atoms with E-state index in [0.717, 1.165) is 12.4 Å². The molecule has 88 valence electrons. The van der Waals surface area contributed by atoms with Crippen molar-refractivity contribution in [1.29, 1.82) is 0 Å². The second-order valence-electron chi connectivity index (χ2n) is 4.06. The van der Waals surface area contributed by atoms with Crippen LogP contribution in [0.3, 0.4) is 0 Å². The van der Waals surface area contributed by atoms with Crippen molar-refractivity contribution in [2.24, 2.45) is 0 Å². The molecular formula is C12H12BrN3S. The first kappa shape index (κ1) is 11.2. The van der Waals surface area contributed by atoms with Crippen molar-refractivity contribution in [3.05, 3.63) is 39.4 Å². The molecule has 0 aliphatic carbocycles. The molecule has 0 aromatic carbocycles. The van der Waals surface area contributed by atoms with Gasteiger partial charge in [-0.05, 0) is 40.9 Å². The molecule has 3 rings (SSSR count). The number of rotatable bonds is 2. The normalized spacial score (nSPS) is 19.8. The first-order valence-electron chi connectivity index (χ1n) is 5.62. The minimum Gasteiger partial charge on any atom is -0.347 e. The average Bonchev–Trinajstić information content (AvgIpc) is 2.98. The molecule has 1 aliphatic heterocycles. The molecule has 1 aliphatic rings. The summed E-state index contributed by atoms with van der Waals surface area (Å²) in [6.45, 7) is 1.07. The van der Waals surface area contributed by atoms with Gasteiger partial charge in [-0.1, -0.05) is 0 Å². The van der Waals surface area contributed by atoms with Crippen LogP contribution >= 0.6 is 27.3 Å². The van der Waals surface area contributed by atoms with Crippen molar-refractivity contribution >= 4 is 33.1 Å². The van der Waals surface area contributed by atoms with Gasteiger partial charge in [-0.2, -0.15) is 0 Å². The molecule has 0 amide bonds. The third-order valence-electron chi connectivity index (χ3n) is 3.02. The highest BCUT2D eigenvalue weighted by atomic mass is 79.9. The maximum Gasteiger partial charge on any atom is 0.147 e. The van der Waals surface area contributed by atoms with Gasteiger partial charge in [0.2, 0.25) is 0 Å². The fourth-order valence-corrected chi connectivity index (χ4v) is 3.85. The predicted octanol–water partition coefficient (Wildman–Crippen LogP) is 3.64.